The molecule has 2 aromatic rings. The summed E-state index contributed by atoms with van der Waals surface area (Å²) in [7, 11) is 3.03. The van der Waals surface area contributed by atoms with E-state index in [0.717, 1.165) is 29.7 Å². The molecule has 2 unspecified atom stereocenters. The van der Waals surface area contributed by atoms with Gasteiger partial charge in [-0.15, -0.1) is 0 Å². The molecule has 0 saturated heterocycles. The Hall–Kier alpha value is -4.68. The first-order chi connectivity index (χ1) is 21.8. The first-order valence-corrected chi connectivity index (χ1v) is 15.3. The van der Waals surface area contributed by atoms with Crippen LogP contribution in [0.4, 0.5) is 0 Å². The first kappa shape index (κ1) is 30.4. The van der Waals surface area contributed by atoms with Crippen molar-refractivity contribution in [1.29, 1.82) is 0 Å². The van der Waals surface area contributed by atoms with E-state index < -0.39 is 18.0 Å². The van der Waals surface area contributed by atoms with Crippen molar-refractivity contribution in [3.8, 4) is 23.0 Å². The van der Waals surface area contributed by atoms with E-state index in [0.29, 0.717) is 78.1 Å². The monoisotopic (exact) mass is 622 g/mol. The highest BCUT2D eigenvalue weighted by Gasteiger charge is 2.41. The number of allylic oxidation sites excluding steroid dienone is 3. The molecule has 2 aromatic heterocycles. The van der Waals surface area contributed by atoms with Gasteiger partial charge in [0.15, 0.2) is 40.1 Å². The van der Waals surface area contributed by atoms with Crippen LogP contribution in [-0.4, -0.2) is 76.5 Å². The predicted molar refractivity (Wildman–Crippen MR) is 162 cm³/mol. The summed E-state index contributed by atoms with van der Waals surface area (Å²) in [6.07, 6.45) is 14.4. The van der Waals surface area contributed by atoms with Gasteiger partial charge < -0.3 is 38.7 Å². The minimum absolute atomic E-state index is 0.167. The third-order valence-corrected chi connectivity index (χ3v) is 8.71. The number of hydrogen-bond donors (Lipinski definition) is 0. The Morgan fingerprint density at radius 2 is 1.62 bits per heavy atom. The number of aromatic nitrogens is 2. The molecular formula is C32H38N4O9. The summed E-state index contributed by atoms with van der Waals surface area (Å²) in [6, 6.07) is 0. The van der Waals surface area contributed by atoms with Gasteiger partial charge in [-0.1, -0.05) is 0 Å². The van der Waals surface area contributed by atoms with E-state index >= 15 is 0 Å². The number of rotatable bonds is 10. The fraction of sp³-hybridized carbons (Fsp3) is 0.500. The number of ether oxygens (including phenoxy) is 5. The van der Waals surface area contributed by atoms with Crippen LogP contribution in [0.3, 0.4) is 0 Å². The fourth-order valence-corrected chi connectivity index (χ4v) is 6.61. The van der Waals surface area contributed by atoms with Gasteiger partial charge in [-0.2, -0.15) is 9.48 Å². The molecule has 13 heteroatoms. The molecule has 0 fully saturated rings. The summed E-state index contributed by atoms with van der Waals surface area (Å²) in [6.45, 7) is 2.74. The van der Waals surface area contributed by atoms with Crippen LogP contribution in [0.15, 0.2) is 35.9 Å². The van der Waals surface area contributed by atoms with Gasteiger partial charge in [0.25, 0.3) is 0 Å². The summed E-state index contributed by atoms with van der Waals surface area (Å²) in [5.74, 6) is 0.404. The van der Waals surface area contributed by atoms with Crippen LogP contribution in [0, 0.1) is 22.3 Å². The number of carbonyl (C=O) groups is 2. The normalized spacial score (nSPS) is 22.1. The van der Waals surface area contributed by atoms with Crippen LogP contribution in [0.2, 0.25) is 0 Å². The molecule has 0 bridgehead atoms. The zero-order valence-electron chi connectivity index (χ0n) is 25.7. The second-order valence-corrected chi connectivity index (χ2v) is 11.6. The Labute approximate surface area is 260 Å². The number of esters is 1. The maximum atomic E-state index is 13.5. The molecule has 0 aromatic carbocycles. The lowest BCUT2D eigenvalue weighted by Crippen LogP contribution is -2.33. The lowest BCUT2D eigenvalue weighted by Gasteiger charge is -2.25. The molecule has 0 amide bonds. The maximum Gasteiger partial charge on any atom is 0.302 e. The highest BCUT2D eigenvalue weighted by atomic mass is 16.5. The summed E-state index contributed by atoms with van der Waals surface area (Å²) in [5, 5.41) is 25.8. The molecule has 4 aliphatic rings. The number of carbonyl (C=O) groups excluding carboxylic acids is 2. The topological polar surface area (TPSA) is 142 Å². The van der Waals surface area contributed by atoms with Gasteiger partial charge in [-0.3, -0.25) is 14.2 Å². The molecule has 0 radical (unpaired) electrons. The molecule has 240 valence electrons. The molecule has 6 rings (SSSR count). The lowest BCUT2D eigenvalue weighted by molar-refractivity contribution is -0.406. The van der Waals surface area contributed by atoms with Gasteiger partial charge in [-0.25, -0.2) is 0 Å². The molecule has 13 nitrogen and oxygen atoms in total. The number of hydroxylamine groups is 2. The van der Waals surface area contributed by atoms with E-state index in [1.165, 1.54) is 31.0 Å². The van der Waals surface area contributed by atoms with Gasteiger partial charge in [0.05, 0.1) is 45.7 Å². The first-order valence-electron chi connectivity index (χ1n) is 15.3. The number of methoxy groups -OCH3 is 2. The minimum Gasteiger partial charge on any atom is -0.618 e. The Morgan fingerprint density at radius 3 is 2.33 bits per heavy atom. The third-order valence-electron chi connectivity index (χ3n) is 8.71. The van der Waals surface area contributed by atoms with Crippen molar-refractivity contribution in [3.05, 3.63) is 57.7 Å². The Kier molecular flexibility index (Phi) is 8.59. The molecule has 3 atom stereocenters. The van der Waals surface area contributed by atoms with E-state index in [4.69, 9.17) is 23.7 Å². The van der Waals surface area contributed by atoms with Crippen LogP contribution in [0.1, 0.15) is 68.1 Å². The quantitative estimate of drug-likeness (QED) is 0.166. The third kappa shape index (κ3) is 5.90. The van der Waals surface area contributed by atoms with Crippen LogP contribution in [0.25, 0.3) is 0 Å². The molecule has 2 aliphatic heterocycles. The van der Waals surface area contributed by atoms with Crippen LogP contribution in [0.5, 0.6) is 23.0 Å². The smallest absolute Gasteiger partial charge is 0.302 e. The molecule has 4 heterocycles. The number of unbranched alkanes of at least 4 members (excludes halogenated alkanes) is 1. The second kappa shape index (κ2) is 12.7. The summed E-state index contributed by atoms with van der Waals surface area (Å²) in [5.41, 5.74) is 2.14. The second-order valence-electron chi connectivity index (χ2n) is 11.6. The zero-order chi connectivity index (χ0) is 31.7. The molecule has 2 aliphatic carbocycles. The molecule has 0 spiro atoms. The van der Waals surface area contributed by atoms with Crippen molar-refractivity contribution in [1.82, 2.24) is 9.13 Å². The summed E-state index contributed by atoms with van der Waals surface area (Å²) >= 11 is 0. The Morgan fingerprint density at radius 1 is 0.956 bits per heavy atom. The Bertz CT molecular complexity index is 1610. The standard InChI is InChI=1S/C32H38N4O9/c1-20(37)45-22-10-11-25-23(14-22)32(38)34-19-29(31(42-3)27(34)17-36(25)40)44-13-7-6-12-43-28-18-33-15-21-8-4-5-9-24(21)35(39)16-26(33)30(28)41-2/h9,11,16-19,21-23H,4-8,10,12-15H2,1-3H3/t21-,22?,23?/m1/s1. The van der Waals surface area contributed by atoms with E-state index in [9.17, 15) is 20.0 Å². The minimum atomic E-state index is -0.767. The SMILES string of the molecule is COc1c(OCCCCOc2cn3c(c2OC)C=[N+]([O-])C2=CCC(OC(C)=O)CC2C3=O)cn2c1C=[N+]([O-])C1=CCCC[C@@H]1C2. The number of nitrogens with zero attached hydrogens (tertiary/aromatic N) is 4. The van der Waals surface area contributed by atoms with Crippen molar-refractivity contribution in [3.63, 3.8) is 0 Å². The fourth-order valence-electron chi connectivity index (χ4n) is 6.61. The van der Waals surface area contributed by atoms with Gasteiger partial charge in [-0.05, 0) is 44.3 Å². The highest BCUT2D eigenvalue weighted by molar-refractivity contribution is 5.94. The zero-order valence-corrected chi connectivity index (χ0v) is 25.7. The molecule has 45 heavy (non-hydrogen) atoms. The van der Waals surface area contributed by atoms with Crippen molar-refractivity contribution >= 4 is 24.3 Å². The molecular weight excluding hydrogens is 584 g/mol. The van der Waals surface area contributed by atoms with E-state index in [-0.39, 0.29) is 24.0 Å². The van der Waals surface area contributed by atoms with Crippen molar-refractivity contribution in [2.24, 2.45) is 11.8 Å². The lowest BCUT2D eigenvalue weighted by atomic mass is 9.89. The number of hydrogen-bond acceptors (Lipinski definition) is 9. The summed E-state index contributed by atoms with van der Waals surface area (Å²) in [4.78, 5) is 25.0. The van der Waals surface area contributed by atoms with Gasteiger partial charge in [0.1, 0.15) is 12.0 Å². The van der Waals surface area contributed by atoms with Crippen LogP contribution in [-0.2, 0) is 16.1 Å². The Balaban J connectivity index is 1.08. The highest BCUT2D eigenvalue weighted by Crippen LogP contribution is 2.39. The van der Waals surface area contributed by atoms with Crippen molar-refractivity contribution in [2.45, 2.75) is 64.5 Å². The average Bonchev–Trinajstić information content (AvgIpc) is 3.46. The van der Waals surface area contributed by atoms with Gasteiger partial charge >= 0.3 is 5.97 Å². The molecule has 0 N–H and O–H groups in total. The maximum absolute atomic E-state index is 13.5. The molecule has 0 saturated carbocycles. The van der Waals surface area contributed by atoms with Crippen molar-refractivity contribution in [2.75, 3.05) is 27.4 Å². The van der Waals surface area contributed by atoms with E-state index in [1.807, 2.05) is 16.8 Å². The van der Waals surface area contributed by atoms with Gasteiger partial charge in [0, 0.05) is 26.3 Å². The van der Waals surface area contributed by atoms with Crippen LogP contribution >= 0.6 is 0 Å². The summed E-state index contributed by atoms with van der Waals surface area (Å²) < 4.78 is 33.6. The number of fused-ring (bicyclic) bond motifs is 4. The van der Waals surface area contributed by atoms with E-state index in [2.05, 4.69) is 0 Å². The van der Waals surface area contributed by atoms with Crippen LogP contribution < -0.4 is 18.9 Å². The predicted octanol–water partition coefficient (Wildman–Crippen LogP) is 3.98. The average molecular weight is 623 g/mol. The van der Waals surface area contributed by atoms with E-state index in [1.54, 1.807) is 19.4 Å². The largest absolute Gasteiger partial charge is 0.618 e. The van der Waals surface area contributed by atoms with Crippen molar-refractivity contribution < 1.29 is 42.8 Å². The van der Waals surface area contributed by atoms with Gasteiger partial charge in [0.2, 0.25) is 24.0 Å².